The number of benzene rings is 7. The third kappa shape index (κ3) is 8.10. The summed E-state index contributed by atoms with van der Waals surface area (Å²) < 4.78 is 12.8. The fraction of sp³-hybridized carbons (Fsp3) is 0.0909. The van der Waals surface area contributed by atoms with E-state index in [2.05, 4.69) is 182 Å². The van der Waals surface area contributed by atoms with Crippen molar-refractivity contribution in [2.45, 2.75) is 27.2 Å². The average molecular weight is 970 g/mol. The van der Waals surface area contributed by atoms with Crippen LogP contribution in [0.4, 0.5) is 0 Å². The van der Waals surface area contributed by atoms with Crippen LogP contribution in [-0.2, 0) is 27.5 Å². The van der Waals surface area contributed by atoms with E-state index in [1.54, 1.807) is 0 Å². The number of aromatic nitrogens is 4. The van der Waals surface area contributed by atoms with E-state index in [9.17, 15) is 0 Å². The van der Waals surface area contributed by atoms with Crippen LogP contribution in [0.2, 0.25) is 0 Å². The van der Waals surface area contributed by atoms with Gasteiger partial charge in [-0.1, -0.05) is 148 Å². The van der Waals surface area contributed by atoms with E-state index in [0.717, 1.165) is 73.2 Å². The molecule has 10 aromatic rings. The van der Waals surface area contributed by atoms with Crippen molar-refractivity contribution in [1.82, 2.24) is 14.1 Å². The topological polar surface area (TPSA) is 35.9 Å². The van der Waals surface area contributed by atoms with Crippen molar-refractivity contribution >= 4 is 21.8 Å². The molecule has 0 aliphatic carbocycles. The Morgan fingerprint density at radius 1 is 0.607 bits per heavy atom. The third-order valence-electron chi connectivity index (χ3n) is 10.8. The van der Waals surface area contributed by atoms with Crippen LogP contribution in [0.5, 0.6) is 11.5 Å². The zero-order valence-electron chi connectivity index (χ0n) is 34.1. The van der Waals surface area contributed by atoms with E-state index >= 15 is 0 Å². The number of fused-ring (bicyclic) bond motifs is 3. The molecule has 0 N–H and O–H groups in total. The van der Waals surface area contributed by atoms with Crippen LogP contribution in [0.25, 0.3) is 72.4 Å². The van der Waals surface area contributed by atoms with E-state index in [-0.39, 0.29) is 26.5 Å². The van der Waals surface area contributed by atoms with Crippen molar-refractivity contribution < 1.29 is 30.4 Å². The molecule has 5 nitrogen and oxygen atoms in total. The summed E-state index contributed by atoms with van der Waals surface area (Å²) in [4.78, 5) is 4.91. The van der Waals surface area contributed by atoms with Gasteiger partial charge in [0.05, 0.1) is 5.69 Å². The van der Waals surface area contributed by atoms with Gasteiger partial charge in [-0.15, -0.1) is 29.7 Å². The van der Waals surface area contributed by atoms with E-state index in [0.29, 0.717) is 11.5 Å². The molecular formula is C55H42N4OPt-2. The Hall–Kier alpha value is -6.81. The van der Waals surface area contributed by atoms with Crippen LogP contribution >= 0.6 is 0 Å². The molecule has 0 bridgehead atoms. The molecule has 0 fully saturated rings. The summed E-state index contributed by atoms with van der Waals surface area (Å²) in [6, 6.07) is 66.1. The molecule has 61 heavy (non-hydrogen) atoms. The normalized spacial score (nSPS) is 11.5. The van der Waals surface area contributed by atoms with E-state index < -0.39 is 0 Å². The number of para-hydroxylation sites is 1. The first kappa shape index (κ1) is 39.6. The van der Waals surface area contributed by atoms with Crippen molar-refractivity contribution in [3.63, 3.8) is 0 Å². The summed E-state index contributed by atoms with van der Waals surface area (Å²) in [6.07, 6.45) is 10.5. The first-order valence-corrected chi connectivity index (χ1v) is 20.3. The Balaban J connectivity index is 0.00000476. The Bertz CT molecular complexity index is 3070. The second-order valence-corrected chi connectivity index (χ2v) is 16.4. The van der Waals surface area contributed by atoms with E-state index in [4.69, 9.17) is 9.72 Å². The number of hydrogen-bond acceptors (Lipinski definition) is 2. The van der Waals surface area contributed by atoms with Gasteiger partial charge in [0.25, 0.3) is 6.33 Å². The van der Waals surface area contributed by atoms with Gasteiger partial charge in [0.2, 0.25) is 0 Å². The van der Waals surface area contributed by atoms with Gasteiger partial charge in [-0.3, -0.25) is 4.57 Å². The maximum absolute atomic E-state index is 6.58. The molecule has 3 heterocycles. The zero-order chi connectivity index (χ0) is 40.6. The van der Waals surface area contributed by atoms with E-state index in [1.165, 1.54) is 11.1 Å². The third-order valence-corrected chi connectivity index (χ3v) is 10.8. The maximum Gasteiger partial charge on any atom is 0.267 e. The minimum absolute atomic E-state index is 0. The molecule has 6 heteroatoms. The molecule has 3 aromatic heterocycles. The molecule has 7 aromatic carbocycles. The summed E-state index contributed by atoms with van der Waals surface area (Å²) in [6.45, 7) is 6.79. The first-order valence-electron chi connectivity index (χ1n) is 20.3. The smallest absolute Gasteiger partial charge is 0.267 e. The van der Waals surface area contributed by atoms with Gasteiger partial charge in [-0.25, -0.2) is 4.98 Å². The zero-order valence-corrected chi connectivity index (χ0v) is 36.4. The molecule has 0 atom stereocenters. The summed E-state index contributed by atoms with van der Waals surface area (Å²) >= 11 is 0. The number of ether oxygens (including phenoxy) is 1. The molecule has 0 saturated heterocycles. The van der Waals surface area contributed by atoms with Crippen molar-refractivity contribution in [1.29, 1.82) is 0 Å². The number of hydrogen-bond donors (Lipinski definition) is 0. The second kappa shape index (κ2) is 16.7. The quantitative estimate of drug-likeness (QED) is 0.107. The van der Waals surface area contributed by atoms with Gasteiger partial charge >= 0.3 is 0 Å². The van der Waals surface area contributed by atoms with Crippen LogP contribution in [0, 0.1) is 23.9 Å². The van der Waals surface area contributed by atoms with Crippen LogP contribution in [0.3, 0.4) is 0 Å². The van der Waals surface area contributed by atoms with Gasteiger partial charge in [0, 0.05) is 56.7 Å². The van der Waals surface area contributed by atoms with Crippen LogP contribution < -0.4 is 9.30 Å². The molecule has 0 radical (unpaired) electrons. The largest absolute Gasteiger partial charge is 0.510 e. The average Bonchev–Trinajstić information content (AvgIpc) is 3.90. The Morgan fingerprint density at radius 2 is 1.26 bits per heavy atom. The SMILES string of the molecule is CC(C)(C)Cc1ccnc(-n2c3[c-]c(Oc4[c-]c(-n5[c-][n+](-c6c(-c7ccccc7)cccc6-c6ccccc6)cc5)ccc4)ccc3c3cc(-c4ccccc4)ccc32)c1.[Pt]. The fourth-order valence-electron chi connectivity index (χ4n) is 8.17. The Morgan fingerprint density at radius 3 is 1.95 bits per heavy atom. The number of pyridine rings is 1. The molecule has 10 rings (SSSR count). The van der Waals surface area contributed by atoms with Crippen molar-refractivity contribution in [2.24, 2.45) is 5.41 Å². The molecule has 0 spiro atoms. The van der Waals surface area contributed by atoms with Gasteiger partial charge in [-0.2, -0.15) is 18.2 Å². The number of rotatable bonds is 9. The molecule has 300 valence electrons. The molecular weight excluding hydrogens is 928 g/mol. The van der Waals surface area contributed by atoms with Crippen molar-refractivity contribution in [3.8, 4) is 62.1 Å². The predicted octanol–water partition coefficient (Wildman–Crippen LogP) is 13.0. The Labute approximate surface area is 371 Å². The van der Waals surface area contributed by atoms with Crippen LogP contribution in [-0.4, -0.2) is 14.1 Å². The van der Waals surface area contributed by atoms with Crippen LogP contribution in [0.15, 0.2) is 188 Å². The predicted molar refractivity (Wildman–Crippen MR) is 242 cm³/mol. The summed E-state index contributed by atoms with van der Waals surface area (Å²) in [5.41, 5.74) is 12.0. The van der Waals surface area contributed by atoms with Crippen molar-refractivity contribution in [2.75, 3.05) is 0 Å². The Kier molecular flexibility index (Phi) is 10.8. The first-order chi connectivity index (χ1) is 29.3. The minimum atomic E-state index is 0. The standard InChI is InChI=1S/C55H42N4O.Pt/c1-55(2,3)37-39-29-30-56-53(33-39)59-51-28-25-43(40-15-7-4-8-16-40)34-50(51)49-27-26-46(36-52(49)59)60-45-22-13-21-44(35-45)57-31-32-58(38-57)54-47(41-17-9-5-10-18-41)23-14-24-48(54)42-19-11-6-12-20-42;/h4-34H,37H2,1-3H3;/q-2;. The summed E-state index contributed by atoms with van der Waals surface area (Å²) in [5.74, 6) is 2.02. The maximum atomic E-state index is 6.58. The van der Waals surface area contributed by atoms with Crippen molar-refractivity contribution in [3.05, 3.63) is 212 Å². The summed E-state index contributed by atoms with van der Waals surface area (Å²) in [7, 11) is 0. The fourth-order valence-corrected chi connectivity index (χ4v) is 8.17. The van der Waals surface area contributed by atoms with Gasteiger partial charge in [-0.05, 0) is 80.1 Å². The molecule has 0 saturated carbocycles. The van der Waals surface area contributed by atoms with Gasteiger partial charge in [0.1, 0.15) is 5.82 Å². The number of nitrogens with zero attached hydrogens (tertiary/aromatic N) is 4. The van der Waals surface area contributed by atoms with Gasteiger partial charge < -0.3 is 13.9 Å². The van der Waals surface area contributed by atoms with Gasteiger partial charge in [0.15, 0.2) is 0 Å². The second-order valence-electron chi connectivity index (χ2n) is 16.4. The molecule has 0 unspecified atom stereocenters. The summed E-state index contributed by atoms with van der Waals surface area (Å²) in [5, 5.41) is 2.21. The number of imidazole rings is 1. The molecule has 0 amide bonds. The van der Waals surface area contributed by atoms with E-state index in [1.807, 2.05) is 59.6 Å². The molecule has 0 aliphatic heterocycles. The minimum Gasteiger partial charge on any atom is -0.510 e. The van der Waals surface area contributed by atoms with Crippen LogP contribution in [0.1, 0.15) is 26.3 Å². The molecule has 0 aliphatic rings. The monoisotopic (exact) mass is 969 g/mol.